The van der Waals surface area contributed by atoms with E-state index in [4.69, 9.17) is 4.74 Å². The van der Waals surface area contributed by atoms with Gasteiger partial charge in [0, 0.05) is 12.6 Å². The molecule has 0 bridgehead atoms. The summed E-state index contributed by atoms with van der Waals surface area (Å²) in [5.74, 6) is 0. The molecule has 0 saturated carbocycles. The van der Waals surface area contributed by atoms with Gasteiger partial charge >= 0.3 is 6.09 Å². The molecule has 0 heterocycles. The number of rotatable bonds is 6. The normalized spacial score (nSPS) is 11.4. The highest BCUT2D eigenvalue weighted by Gasteiger charge is 2.42. The van der Waals surface area contributed by atoms with Crippen molar-refractivity contribution in [1.82, 2.24) is 4.90 Å². The Morgan fingerprint density at radius 1 is 1.04 bits per heavy atom. The van der Waals surface area contributed by atoms with E-state index in [0.717, 1.165) is 6.42 Å². The van der Waals surface area contributed by atoms with E-state index in [1.54, 1.807) is 4.90 Å². The fourth-order valence-corrected chi connectivity index (χ4v) is 8.98. The molecule has 4 heteroatoms. The van der Waals surface area contributed by atoms with Crippen molar-refractivity contribution in [3.05, 3.63) is 35.9 Å². The van der Waals surface area contributed by atoms with E-state index in [1.807, 2.05) is 18.2 Å². The molecule has 0 spiro atoms. The molecule has 0 aromatic heterocycles. The largest absolute Gasteiger partial charge is 0.452 e. The summed E-state index contributed by atoms with van der Waals surface area (Å²) >= 11 is 0. The van der Waals surface area contributed by atoms with Crippen molar-refractivity contribution in [2.45, 2.75) is 64.6 Å². The molecule has 1 aromatic carbocycles. The summed E-state index contributed by atoms with van der Waals surface area (Å²) in [5, 5.41) is 0. The number of carbonyl (C=O) groups is 1. The number of methoxy groups -OCH3 is 1. The smallest absolute Gasteiger partial charge is 0.421 e. The quantitative estimate of drug-likeness (QED) is 0.382. The van der Waals surface area contributed by atoms with Crippen LogP contribution in [-0.2, 0) is 11.2 Å². The van der Waals surface area contributed by atoms with Gasteiger partial charge in [-0.05, 0) is 28.6 Å². The predicted octanol–water partition coefficient (Wildman–Crippen LogP) is 5.48. The number of amides is 1. The van der Waals surface area contributed by atoms with Crippen molar-refractivity contribution in [1.29, 1.82) is 0 Å². The van der Waals surface area contributed by atoms with Gasteiger partial charge in [-0.25, -0.2) is 9.69 Å². The standard InChI is InChI=1S/C21H33NO2Si/c1-17(2)25(18(3)4,19(5)6)16-15-22(21(23)24-7)14-13-20-11-9-8-10-12-20/h8-12,17-19H,13-14H2,1-7H3. The molecule has 0 fully saturated rings. The summed E-state index contributed by atoms with van der Waals surface area (Å²) in [7, 11) is -0.454. The molecule has 0 aliphatic heterocycles. The molecule has 0 unspecified atom stereocenters. The lowest BCUT2D eigenvalue weighted by atomic mass is 10.1. The third-order valence-electron chi connectivity index (χ3n) is 5.14. The van der Waals surface area contributed by atoms with Gasteiger partial charge in [0.2, 0.25) is 0 Å². The molecule has 1 rings (SSSR count). The maximum absolute atomic E-state index is 12.2. The summed E-state index contributed by atoms with van der Waals surface area (Å²) in [5.41, 5.74) is 6.40. The van der Waals surface area contributed by atoms with Gasteiger partial charge in [-0.2, -0.15) is 0 Å². The summed E-state index contributed by atoms with van der Waals surface area (Å²) in [4.78, 5) is 13.7. The lowest BCUT2D eigenvalue weighted by molar-refractivity contribution is 0.143. The van der Waals surface area contributed by atoms with E-state index >= 15 is 0 Å². The van der Waals surface area contributed by atoms with Crippen LogP contribution >= 0.6 is 0 Å². The summed E-state index contributed by atoms with van der Waals surface area (Å²) in [6, 6.07) is 13.4. The molecule has 138 valence electrons. The fraction of sp³-hybridized carbons (Fsp3) is 0.571. The van der Waals surface area contributed by atoms with Gasteiger partial charge in [-0.3, -0.25) is 0 Å². The second-order valence-electron chi connectivity index (χ2n) is 7.49. The average molecular weight is 360 g/mol. The van der Waals surface area contributed by atoms with E-state index in [2.05, 4.69) is 65.3 Å². The zero-order valence-electron chi connectivity index (χ0n) is 16.8. The van der Waals surface area contributed by atoms with Gasteiger partial charge in [-0.1, -0.05) is 71.9 Å². The highest BCUT2D eigenvalue weighted by molar-refractivity contribution is 6.90. The number of hydrogen-bond donors (Lipinski definition) is 0. The minimum absolute atomic E-state index is 0.373. The zero-order chi connectivity index (χ0) is 19.0. The van der Waals surface area contributed by atoms with E-state index in [9.17, 15) is 4.79 Å². The maximum Gasteiger partial charge on any atom is 0.421 e. The predicted molar refractivity (Wildman–Crippen MR) is 108 cm³/mol. The third-order valence-corrected chi connectivity index (χ3v) is 11.4. The van der Waals surface area contributed by atoms with E-state index in [1.165, 1.54) is 12.7 Å². The average Bonchev–Trinajstić information content (AvgIpc) is 2.57. The van der Waals surface area contributed by atoms with Gasteiger partial charge in [0.05, 0.1) is 7.11 Å². The Kier molecular flexibility index (Phi) is 8.25. The van der Waals surface area contributed by atoms with Gasteiger partial charge < -0.3 is 4.74 Å². The number of ether oxygens (including phenoxy) is 1. The van der Waals surface area contributed by atoms with Crippen LogP contribution in [0.3, 0.4) is 0 Å². The molecule has 1 amide bonds. The third kappa shape index (κ3) is 5.37. The van der Waals surface area contributed by atoms with Gasteiger partial charge in [0.15, 0.2) is 0 Å². The Morgan fingerprint density at radius 3 is 2.00 bits per heavy atom. The Morgan fingerprint density at radius 2 is 1.56 bits per heavy atom. The lowest BCUT2D eigenvalue weighted by Crippen LogP contribution is -2.44. The van der Waals surface area contributed by atoms with Crippen molar-refractivity contribution >= 4 is 14.2 Å². The van der Waals surface area contributed by atoms with E-state index < -0.39 is 8.07 Å². The molecule has 0 radical (unpaired) electrons. The fourth-order valence-electron chi connectivity index (χ4n) is 3.79. The van der Waals surface area contributed by atoms with Crippen LogP contribution in [0.4, 0.5) is 4.79 Å². The molecule has 0 atom stereocenters. The Bertz CT molecular complexity index is 578. The van der Waals surface area contributed by atoms with Crippen molar-refractivity contribution < 1.29 is 9.53 Å². The Balaban J connectivity index is 3.08. The second-order valence-corrected chi connectivity index (χ2v) is 13.1. The van der Waals surface area contributed by atoms with Crippen LogP contribution < -0.4 is 0 Å². The SMILES string of the molecule is COC(=O)N(C#C[Si](C(C)C)(C(C)C)C(C)C)CCc1ccccc1. The summed E-state index contributed by atoms with van der Waals surface area (Å²) < 4.78 is 4.95. The van der Waals surface area contributed by atoms with E-state index in [0.29, 0.717) is 23.2 Å². The van der Waals surface area contributed by atoms with Crippen LogP contribution in [0, 0.1) is 11.6 Å². The minimum atomic E-state index is -1.87. The van der Waals surface area contributed by atoms with Crippen molar-refractivity contribution in [2.24, 2.45) is 0 Å². The van der Waals surface area contributed by atoms with Crippen molar-refractivity contribution in [3.8, 4) is 11.6 Å². The molecular formula is C21H33NO2Si. The van der Waals surface area contributed by atoms with Crippen LogP contribution in [0.25, 0.3) is 0 Å². The molecule has 0 N–H and O–H groups in total. The molecule has 1 aromatic rings. The highest BCUT2D eigenvalue weighted by Crippen LogP contribution is 2.40. The number of hydrogen-bond acceptors (Lipinski definition) is 2. The Hall–Kier alpha value is -1.73. The van der Waals surface area contributed by atoms with Gasteiger partial charge in [-0.15, -0.1) is 5.54 Å². The summed E-state index contributed by atoms with van der Waals surface area (Å²) in [6.07, 6.45) is 0.395. The van der Waals surface area contributed by atoms with Crippen LogP contribution in [0.15, 0.2) is 30.3 Å². The van der Waals surface area contributed by atoms with Crippen LogP contribution in [0.1, 0.15) is 47.1 Å². The monoisotopic (exact) mass is 359 g/mol. The first-order valence-corrected chi connectivity index (χ1v) is 11.4. The second kappa shape index (κ2) is 9.67. The molecule has 3 nitrogen and oxygen atoms in total. The molecular weight excluding hydrogens is 326 g/mol. The number of nitrogens with zero attached hydrogens (tertiary/aromatic N) is 1. The molecule has 25 heavy (non-hydrogen) atoms. The first-order chi connectivity index (χ1) is 11.8. The minimum Gasteiger partial charge on any atom is -0.452 e. The van der Waals surface area contributed by atoms with Crippen LogP contribution in [0.2, 0.25) is 16.6 Å². The molecule has 0 aliphatic carbocycles. The lowest BCUT2D eigenvalue weighted by Gasteiger charge is -2.38. The van der Waals surface area contributed by atoms with Crippen LogP contribution in [-0.4, -0.2) is 32.7 Å². The van der Waals surface area contributed by atoms with Crippen LogP contribution in [0.5, 0.6) is 0 Å². The zero-order valence-corrected chi connectivity index (χ0v) is 17.8. The highest BCUT2D eigenvalue weighted by atomic mass is 28.3. The summed E-state index contributed by atoms with van der Waals surface area (Å²) in [6.45, 7) is 14.2. The molecule has 0 aliphatic rings. The topological polar surface area (TPSA) is 29.5 Å². The van der Waals surface area contributed by atoms with Gasteiger partial charge in [0.1, 0.15) is 8.07 Å². The maximum atomic E-state index is 12.2. The first kappa shape index (κ1) is 21.3. The number of carbonyl (C=O) groups excluding carboxylic acids is 1. The Labute approximate surface area is 154 Å². The number of benzene rings is 1. The van der Waals surface area contributed by atoms with E-state index in [-0.39, 0.29) is 6.09 Å². The van der Waals surface area contributed by atoms with Crippen molar-refractivity contribution in [2.75, 3.05) is 13.7 Å². The first-order valence-electron chi connectivity index (χ1n) is 9.17. The molecule has 0 saturated heterocycles. The van der Waals surface area contributed by atoms with Crippen molar-refractivity contribution in [3.63, 3.8) is 0 Å². The van der Waals surface area contributed by atoms with Gasteiger partial charge in [0.25, 0.3) is 0 Å².